The van der Waals surface area contributed by atoms with E-state index in [1.54, 1.807) is 0 Å². The van der Waals surface area contributed by atoms with Crippen LogP contribution < -0.4 is 19.5 Å². The van der Waals surface area contributed by atoms with Gasteiger partial charge in [-0.25, -0.2) is 0 Å². The fraction of sp³-hybridized carbons (Fsp3) is 0.625. The van der Waals surface area contributed by atoms with Crippen molar-refractivity contribution in [1.29, 1.82) is 0 Å². The molecule has 1 aromatic carbocycles. The van der Waals surface area contributed by atoms with Gasteiger partial charge in [-0.15, -0.1) is 0 Å². The van der Waals surface area contributed by atoms with Gasteiger partial charge in [0.05, 0.1) is 6.61 Å². The lowest BCUT2D eigenvalue weighted by Gasteiger charge is -2.13. The second-order valence-corrected chi connectivity index (χ2v) is 4.89. The van der Waals surface area contributed by atoms with Gasteiger partial charge in [0.1, 0.15) is 5.75 Å². The third-order valence-corrected chi connectivity index (χ3v) is 3.19. The standard InChI is InChI=1S/C16H25NO4/c1-3-6-17-11-13-9-15-16(21-12-20-15)10-14(13)19-8-5-7-18-4-2/h9-10,17H,3-8,11-12H2,1-2H3. The van der Waals surface area contributed by atoms with Crippen molar-refractivity contribution in [3.8, 4) is 17.2 Å². The Morgan fingerprint density at radius 2 is 1.95 bits per heavy atom. The number of hydrogen-bond donors (Lipinski definition) is 1. The van der Waals surface area contributed by atoms with Gasteiger partial charge in [0, 0.05) is 37.8 Å². The van der Waals surface area contributed by atoms with E-state index in [9.17, 15) is 0 Å². The Balaban J connectivity index is 1.95. The van der Waals surface area contributed by atoms with Crippen LogP contribution >= 0.6 is 0 Å². The van der Waals surface area contributed by atoms with Crippen LogP contribution in [0.3, 0.4) is 0 Å². The molecular formula is C16H25NO4. The van der Waals surface area contributed by atoms with E-state index in [-0.39, 0.29) is 6.79 Å². The predicted octanol–water partition coefficient (Wildman–Crippen LogP) is 2.72. The number of fused-ring (bicyclic) bond motifs is 1. The summed E-state index contributed by atoms with van der Waals surface area (Å²) >= 11 is 0. The smallest absolute Gasteiger partial charge is 0.231 e. The molecule has 0 saturated carbocycles. The molecule has 0 spiro atoms. The second kappa shape index (κ2) is 8.74. The summed E-state index contributed by atoms with van der Waals surface area (Å²) in [6, 6.07) is 3.93. The quantitative estimate of drug-likeness (QED) is 0.673. The summed E-state index contributed by atoms with van der Waals surface area (Å²) in [5.41, 5.74) is 1.10. The van der Waals surface area contributed by atoms with E-state index >= 15 is 0 Å². The van der Waals surface area contributed by atoms with Gasteiger partial charge in [-0.3, -0.25) is 0 Å². The molecule has 1 aliphatic rings. The van der Waals surface area contributed by atoms with Gasteiger partial charge in [-0.05, 0) is 26.0 Å². The first-order valence-corrected chi connectivity index (χ1v) is 7.69. The lowest BCUT2D eigenvalue weighted by Crippen LogP contribution is -2.15. The molecule has 0 aliphatic carbocycles. The van der Waals surface area contributed by atoms with Crippen LogP contribution in [0.5, 0.6) is 17.2 Å². The van der Waals surface area contributed by atoms with E-state index in [1.165, 1.54) is 0 Å². The molecule has 5 nitrogen and oxygen atoms in total. The maximum absolute atomic E-state index is 5.88. The molecule has 118 valence electrons. The van der Waals surface area contributed by atoms with Gasteiger partial charge < -0.3 is 24.3 Å². The van der Waals surface area contributed by atoms with Crippen LogP contribution in [0, 0.1) is 0 Å². The fourth-order valence-electron chi connectivity index (χ4n) is 2.13. The first-order valence-electron chi connectivity index (χ1n) is 7.69. The van der Waals surface area contributed by atoms with Gasteiger partial charge in [0.15, 0.2) is 11.5 Å². The second-order valence-electron chi connectivity index (χ2n) is 4.89. The summed E-state index contributed by atoms with van der Waals surface area (Å²) in [7, 11) is 0. The van der Waals surface area contributed by atoms with Crippen molar-refractivity contribution < 1.29 is 18.9 Å². The maximum atomic E-state index is 5.88. The molecule has 0 aromatic heterocycles. The highest BCUT2D eigenvalue weighted by Crippen LogP contribution is 2.38. The molecule has 0 radical (unpaired) electrons. The van der Waals surface area contributed by atoms with E-state index in [2.05, 4.69) is 12.2 Å². The SMILES string of the molecule is CCCNCc1cc2c(cc1OCCCOCC)OCO2. The van der Waals surface area contributed by atoms with Gasteiger partial charge in [-0.2, -0.15) is 0 Å². The third-order valence-electron chi connectivity index (χ3n) is 3.19. The molecule has 1 heterocycles. The average Bonchev–Trinajstić information content (AvgIpc) is 2.94. The normalized spacial score (nSPS) is 12.7. The summed E-state index contributed by atoms with van der Waals surface area (Å²) < 4.78 is 22.1. The highest BCUT2D eigenvalue weighted by Gasteiger charge is 2.17. The predicted molar refractivity (Wildman–Crippen MR) is 81.2 cm³/mol. The van der Waals surface area contributed by atoms with Crippen molar-refractivity contribution in [1.82, 2.24) is 5.32 Å². The van der Waals surface area contributed by atoms with Crippen molar-refractivity contribution >= 4 is 0 Å². The molecule has 0 amide bonds. The molecule has 1 aromatic rings. The van der Waals surface area contributed by atoms with E-state index < -0.39 is 0 Å². The maximum Gasteiger partial charge on any atom is 0.231 e. The Bertz CT molecular complexity index is 437. The van der Waals surface area contributed by atoms with Crippen molar-refractivity contribution in [2.75, 3.05) is 33.2 Å². The average molecular weight is 295 g/mol. The van der Waals surface area contributed by atoms with Crippen LogP contribution in [-0.2, 0) is 11.3 Å². The number of nitrogens with one attached hydrogen (secondary N) is 1. The number of benzene rings is 1. The van der Waals surface area contributed by atoms with Crippen molar-refractivity contribution in [2.45, 2.75) is 33.2 Å². The minimum absolute atomic E-state index is 0.283. The Morgan fingerprint density at radius 3 is 2.71 bits per heavy atom. The van der Waals surface area contributed by atoms with E-state index in [0.29, 0.717) is 6.61 Å². The summed E-state index contributed by atoms with van der Waals surface area (Å²) in [6.45, 7) is 8.30. The van der Waals surface area contributed by atoms with E-state index in [0.717, 1.165) is 62.0 Å². The zero-order valence-electron chi connectivity index (χ0n) is 12.9. The third kappa shape index (κ3) is 4.79. The Hall–Kier alpha value is -1.46. The Labute approximate surface area is 126 Å². The summed E-state index contributed by atoms with van der Waals surface area (Å²) in [5, 5.41) is 3.39. The van der Waals surface area contributed by atoms with Crippen LogP contribution in [0.4, 0.5) is 0 Å². The fourth-order valence-corrected chi connectivity index (χ4v) is 2.13. The summed E-state index contributed by atoms with van der Waals surface area (Å²) in [4.78, 5) is 0. The zero-order valence-corrected chi connectivity index (χ0v) is 12.9. The van der Waals surface area contributed by atoms with Gasteiger partial charge in [0.25, 0.3) is 0 Å². The van der Waals surface area contributed by atoms with Crippen LogP contribution in [-0.4, -0.2) is 33.2 Å². The molecule has 0 atom stereocenters. The molecule has 2 rings (SSSR count). The van der Waals surface area contributed by atoms with Crippen LogP contribution in [0.15, 0.2) is 12.1 Å². The van der Waals surface area contributed by atoms with Crippen LogP contribution in [0.2, 0.25) is 0 Å². The number of hydrogen-bond acceptors (Lipinski definition) is 5. The van der Waals surface area contributed by atoms with Crippen molar-refractivity contribution in [3.63, 3.8) is 0 Å². The molecule has 5 heteroatoms. The molecule has 0 unspecified atom stereocenters. The van der Waals surface area contributed by atoms with E-state index in [4.69, 9.17) is 18.9 Å². The van der Waals surface area contributed by atoms with Gasteiger partial charge in [-0.1, -0.05) is 6.92 Å². The van der Waals surface area contributed by atoms with Crippen LogP contribution in [0.1, 0.15) is 32.3 Å². The molecule has 21 heavy (non-hydrogen) atoms. The Kier molecular flexibility index (Phi) is 6.63. The molecule has 1 aliphatic heterocycles. The molecule has 0 bridgehead atoms. The lowest BCUT2D eigenvalue weighted by atomic mass is 10.1. The highest BCUT2D eigenvalue weighted by molar-refractivity contribution is 5.51. The summed E-state index contributed by atoms with van der Waals surface area (Å²) in [6.07, 6.45) is 1.99. The first-order chi connectivity index (χ1) is 10.3. The first kappa shape index (κ1) is 15.9. The molecule has 1 N–H and O–H groups in total. The molecule has 0 fully saturated rings. The largest absolute Gasteiger partial charge is 0.493 e. The van der Waals surface area contributed by atoms with Crippen molar-refractivity contribution in [2.24, 2.45) is 0 Å². The monoisotopic (exact) mass is 295 g/mol. The summed E-state index contributed by atoms with van der Waals surface area (Å²) in [5.74, 6) is 2.42. The highest BCUT2D eigenvalue weighted by atomic mass is 16.7. The zero-order chi connectivity index (χ0) is 14.9. The molecular weight excluding hydrogens is 270 g/mol. The lowest BCUT2D eigenvalue weighted by molar-refractivity contribution is 0.130. The minimum atomic E-state index is 0.283. The minimum Gasteiger partial charge on any atom is -0.493 e. The molecule has 0 saturated heterocycles. The Morgan fingerprint density at radius 1 is 1.14 bits per heavy atom. The van der Waals surface area contributed by atoms with Crippen LogP contribution in [0.25, 0.3) is 0 Å². The number of rotatable bonds is 10. The van der Waals surface area contributed by atoms with Crippen molar-refractivity contribution in [3.05, 3.63) is 17.7 Å². The van der Waals surface area contributed by atoms with Gasteiger partial charge >= 0.3 is 0 Å². The topological polar surface area (TPSA) is 49.0 Å². The number of ether oxygens (including phenoxy) is 4. The van der Waals surface area contributed by atoms with E-state index in [1.807, 2.05) is 19.1 Å². The van der Waals surface area contributed by atoms with Gasteiger partial charge in [0.2, 0.25) is 6.79 Å².